The lowest BCUT2D eigenvalue weighted by molar-refractivity contribution is -0.112. The third kappa shape index (κ3) is 3.71. The van der Waals surface area contributed by atoms with Crippen LogP contribution in [-0.2, 0) is 4.79 Å². The topological polar surface area (TPSA) is 33.2 Å². The summed E-state index contributed by atoms with van der Waals surface area (Å²) in [5.41, 5.74) is 2.14. The van der Waals surface area contributed by atoms with Crippen molar-refractivity contribution in [3.8, 4) is 11.3 Å². The lowest BCUT2D eigenvalue weighted by atomic mass is 10.0. The van der Waals surface area contributed by atoms with E-state index in [1.807, 2.05) is 24.4 Å². The molecule has 0 spiro atoms. The first-order chi connectivity index (χ1) is 10.3. The Kier molecular flexibility index (Phi) is 4.68. The molecule has 3 nitrogen and oxygen atoms in total. The summed E-state index contributed by atoms with van der Waals surface area (Å²) in [6, 6.07) is 14.5. The Morgan fingerprint density at radius 2 is 1.86 bits per heavy atom. The highest BCUT2D eigenvalue weighted by molar-refractivity contribution is 7.97. The summed E-state index contributed by atoms with van der Waals surface area (Å²) < 4.78 is 2.34. The average Bonchev–Trinajstić information content (AvgIpc) is 2.57. The van der Waals surface area contributed by atoms with Gasteiger partial charge in [0.15, 0.2) is 0 Å². The molecule has 1 aliphatic rings. The lowest BCUT2D eigenvalue weighted by Gasteiger charge is -2.28. The Hall–Kier alpha value is -1.65. The number of nitrogens with zero attached hydrogens (tertiary/aromatic N) is 2. The van der Waals surface area contributed by atoms with E-state index in [4.69, 9.17) is 0 Å². The first kappa shape index (κ1) is 14.3. The van der Waals surface area contributed by atoms with Gasteiger partial charge in [-0.15, -0.1) is 0 Å². The molecule has 1 aromatic carbocycles. The minimum atomic E-state index is 0.258. The summed E-state index contributed by atoms with van der Waals surface area (Å²) in [5.74, 6) is 0.258. The molecule has 0 unspecified atom stereocenters. The number of aldehydes is 1. The van der Waals surface area contributed by atoms with Crippen LogP contribution in [0.4, 0.5) is 0 Å². The molecule has 0 saturated carbocycles. The summed E-state index contributed by atoms with van der Waals surface area (Å²) in [6.07, 6.45) is 4.86. The van der Waals surface area contributed by atoms with Crippen molar-refractivity contribution in [2.75, 3.05) is 13.1 Å². The van der Waals surface area contributed by atoms with Crippen molar-refractivity contribution >= 4 is 18.2 Å². The van der Waals surface area contributed by atoms with Crippen molar-refractivity contribution in [2.24, 2.45) is 5.92 Å². The summed E-state index contributed by atoms with van der Waals surface area (Å²) in [6.45, 7) is 1.96. The maximum absolute atomic E-state index is 10.8. The van der Waals surface area contributed by atoms with Gasteiger partial charge in [-0.25, -0.2) is 4.31 Å². The normalized spacial score (nSPS) is 16.8. The second-order valence-electron chi connectivity index (χ2n) is 5.23. The van der Waals surface area contributed by atoms with E-state index in [-0.39, 0.29) is 5.92 Å². The molecular formula is C17H18N2OS. The maximum atomic E-state index is 10.8. The van der Waals surface area contributed by atoms with E-state index >= 15 is 0 Å². The Bertz CT molecular complexity index is 577. The van der Waals surface area contributed by atoms with Gasteiger partial charge in [0, 0.05) is 35.7 Å². The van der Waals surface area contributed by atoms with Crippen molar-refractivity contribution < 1.29 is 4.79 Å². The van der Waals surface area contributed by atoms with Crippen LogP contribution in [0.25, 0.3) is 11.3 Å². The van der Waals surface area contributed by atoms with E-state index < -0.39 is 0 Å². The van der Waals surface area contributed by atoms with Crippen LogP contribution in [-0.4, -0.2) is 28.7 Å². The van der Waals surface area contributed by atoms with Crippen LogP contribution in [0.3, 0.4) is 0 Å². The van der Waals surface area contributed by atoms with Crippen LogP contribution in [0, 0.1) is 5.92 Å². The van der Waals surface area contributed by atoms with Gasteiger partial charge in [-0.2, -0.15) is 0 Å². The Balaban J connectivity index is 1.61. The number of aromatic nitrogens is 1. The molecule has 1 aliphatic heterocycles. The van der Waals surface area contributed by atoms with E-state index in [2.05, 4.69) is 33.6 Å². The van der Waals surface area contributed by atoms with Crippen molar-refractivity contribution in [2.45, 2.75) is 17.7 Å². The van der Waals surface area contributed by atoms with Gasteiger partial charge >= 0.3 is 0 Å². The fourth-order valence-electron chi connectivity index (χ4n) is 2.47. The highest BCUT2D eigenvalue weighted by Crippen LogP contribution is 2.29. The second-order valence-corrected chi connectivity index (χ2v) is 6.40. The molecule has 4 heteroatoms. The first-order valence-corrected chi connectivity index (χ1v) is 8.02. The zero-order valence-electron chi connectivity index (χ0n) is 11.8. The number of hydrogen-bond acceptors (Lipinski definition) is 4. The highest BCUT2D eigenvalue weighted by Gasteiger charge is 2.19. The average molecular weight is 298 g/mol. The van der Waals surface area contributed by atoms with Gasteiger partial charge in [-0.1, -0.05) is 18.2 Å². The molecule has 108 valence electrons. The van der Waals surface area contributed by atoms with Crippen LogP contribution in [0.5, 0.6) is 0 Å². The largest absolute Gasteiger partial charge is 0.303 e. The molecule has 0 N–H and O–H groups in total. The molecule has 2 aromatic rings. The third-order valence-corrected chi connectivity index (χ3v) is 4.85. The Labute approximate surface area is 129 Å². The van der Waals surface area contributed by atoms with E-state index in [1.54, 1.807) is 11.9 Å². The highest BCUT2D eigenvalue weighted by atomic mass is 32.2. The smallest absolute Gasteiger partial charge is 0.123 e. The number of rotatable bonds is 4. The molecule has 1 fully saturated rings. The van der Waals surface area contributed by atoms with E-state index in [9.17, 15) is 4.79 Å². The van der Waals surface area contributed by atoms with Gasteiger partial charge in [-0.3, -0.25) is 4.98 Å². The minimum Gasteiger partial charge on any atom is -0.303 e. The van der Waals surface area contributed by atoms with Crippen LogP contribution >= 0.6 is 11.9 Å². The van der Waals surface area contributed by atoms with Crippen molar-refractivity contribution in [3.63, 3.8) is 0 Å². The molecule has 1 aromatic heterocycles. The summed E-state index contributed by atoms with van der Waals surface area (Å²) in [5, 5.41) is 0. The molecule has 0 bridgehead atoms. The molecule has 21 heavy (non-hydrogen) atoms. The molecule has 1 saturated heterocycles. The predicted molar refractivity (Wildman–Crippen MR) is 85.9 cm³/mol. The number of carbonyl (C=O) groups is 1. The lowest BCUT2D eigenvalue weighted by Crippen LogP contribution is -2.28. The van der Waals surface area contributed by atoms with Gasteiger partial charge in [-0.05, 0) is 49.1 Å². The number of hydrogen-bond donors (Lipinski definition) is 0. The second kappa shape index (κ2) is 6.87. The number of pyridine rings is 1. The maximum Gasteiger partial charge on any atom is 0.123 e. The minimum absolute atomic E-state index is 0.258. The summed E-state index contributed by atoms with van der Waals surface area (Å²) in [7, 11) is 0. The molecule has 0 radical (unpaired) electrons. The predicted octanol–water partition coefficient (Wildman–Crippen LogP) is 3.67. The Morgan fingerprint density at radius 3 is 2.48 bits per heavy atom. The van der Waals surface area contributed by atoms with Crippen LogP contribution in [0.1, 0.15) is 12.8 Å². The van der Waals surface area contributed by atoms with Gasteiger partial charge in [0.2, 0.25) is 0 Å². The van der Waals surface area contributed by atoms with Gasteiger partial charge in [0.05, 0.1) is 5.69 Å². The zero-order valence-corrected chi connectivity index (χ0v) is 12.6. The quantitative estimate of drug-likeness (QED) is 0.637. The van der Waals surface area contributed by atoms with Crippen molar-refractivity contribution in [1.82, 2.24) is 9.29 Å². The van der Waals surface area contributed by atoms with E-state index in [0.29, 0.717) is 0 Å². The van der Waals surface area contributed by atoms with E-state index in [1.165, 1.54) is 4.90 Å². The number of piperidine rings is 1. The van der Waals surface area contributed by atoms with Crippen molar-refractivity contribution in [1.29, 1.82) is 0 Å². The molecule has 0 aliphatic carbocycles. The standard InChI is InChI=1S/C17H18N2OS/c20-13-14-8-11-19(12-9-14)21-16-6-4-15(5-7-16)17-3-1-2-10-18-17/h1-7,10,13-14H,8-9,11-12H2. The molecule has 0 atom stereocenters. The fourth-order valence-corrected chi connectivity index (χ4v) is 3.42. The third-order valence-electron chi connectivity index (χ3n) is 3.74. The number of benzene rings is 1. The number of carbonyl (C=O) groups excluding carboxylic acids is 1. The Morgan fingerprint density at radius 1 is 1.10 bits per heavy atom. The first-order valence-electron chi connectivity index (χ1n) is 7.25. The van der Waals surface area contributed by atoms with Crippen LogP contribution in [0.15, 0.2) is 53.6 Å². The SMILES string of the molecule is O=CC1CCN(Sc2ccc(-c3ccccn3)cc2)CC1. The molecular weight excluding hydrogens is 280 g/mol. The summed E-state index contributed by atoms with van der Waals surface area (Å²) >= 11 is 1.78. The van der Waals surface area contributed by atoms with E-state index in [0.717, 1.165) is 43.5 Å². The van der Waals surface area contributed by atoms with Crippen LogP contribution < -0.4 is 0 Å². The molecule has 2 heterocycles. The molecule has 0 amide bonds. The van der Waals surface area contributed by atoms with Crippen molar-refractivity contribution in [3.05, 3.63) is 48.7 Å². The van der Waals surface area contributed by atoms with Gasteiger partial charge in [0.25, 0.3) is 0 Å². The van der Waals surface area contributed by atoms with Gasteiger partial charge in [0.1, 0.15) is 6.29 Å². The van der Waals surface area contributed by atoms with Gasteiger partial charge < -0.3 is 4.79 Å². The monoisotopic (exact) mass is 298 g/mol. The summed E-state index contributed by atoms with van der Waals surface area (Å²) in [4.78, 5) is 16.4. The zero-order chi connectivity index (χ0) is 14.5. The fraction of sp³-hybridized carbons (Fsp3) is 0.294. The van der Waals surface area contributed by atoms with Crippen LogP contribution in [0.2, 0.25) is 0 Å². The molecule has 3 rings (SSSR count).